The number of nitrogens with zero attached hydrogens (tertiary/aromatic N) is 2. The highest BCUT2D eigenvalue weighted by atomic mass is 32.2. The minimum atomic E-state index is -3.96. The Morgan fingerprint density at radius 3 is 2.46 bits per heavy atom. The second-order valence-electron chi connectivity index (χ2n) is 7.10. The van der Waals surface area contributed by atoms with Crippen molar-refractivity contribution >= 4 is 21.9 Å². The third-order valence-electron chi connectivity index (χ3n) is 5.52. The number of sulfonamides is 1. The molecule has 1 aromatic carbocycles. The molecule has 28 heavy (non-hydrogen) atoms. The molecule has 3 atom stereocenters. The van der Waals surface area contributed by atoms with Gasteiger partial charge in [0.2, 0.25) is 15.9 Å². The molecule has 3 rings (SSSR count). The van der Waals surface area contributed by atoms with Crippen LogP contribution in [0.2, 0.25) is 0 Å². The van der Waals surface area contributed by atoms with Crippen LogP contribution in [-0.2, 0) is 24.3 Å². The Bertz CT molecular complexity index is 838. The van der Waals surface area contributed by atoms with Crippen LogP contribution in [0.15, 0.2) is 29.2 Å². The zero-order valence-corrected chi connectivity index (χ0v) is 17.1. The number of likely N-dealkylation sites (tertiary alicyclic amines) is 1. The zero-order valence-electron chi connectivity index (χ0n) is 16.3. The van der Waals surface area contributed by atoms with Crippen LogP contribution >= 0.6 is 0 Å². The molecule has 0 radical (unpaired) electrons. The van der Waals surface area contributed by atoms with Crippen molar-refractivity contribution in [1.82, 2.24) is 9.21 Å². The molecule has 0 N–H and O–H groups in total. The van der Waals surface area contributed by atoms with Crippen LogP contribution in [0.5, 0.6) is 5.75 Å². The Kier molecular flexibility index (Phi) is 5.95. The van der Waals surface area contributed by atoms with Gasteiger partial charge in [0, 0.05) is 26.1 Å². The van der Waals surface area contributed by atoms with E-state index in [1.165, 1.54) is 30.5 Å². The van der Waals surface area contributed by atoms with Crippen molar-refractivity contribution in [2.24, 2.45) is 5.92 Å². The van der Waals surface area contributed by atoms with Crippen LogP contribution in [0.1, 0.15) is 26.7 Å². The molecule has 0 spiro atoms. The van der Waals surface area contributed by atoms with Gasteiger partial charge in [-0.1, -0.05) is 0 Å². The smallest absolute Gasteiger partial charge is 0.324 e. The summed E-state index contributed by atoms with van der Waals surface area (Å²) in [6.45, 7) is 4.20. The van der Waals surface area contributed by atoms with Gasteiger partial charge in [-0.05, 0) is 49.9 Å². The van der Waals surface area contributed by atoms with Crippen molar-refractivity contribution in [2.75, 3.05) is 26.8 Å². The first-order valence-corrected chi connectivity index (χ1v) is 10.8. The normalized spacial score (nSPS) is 25.2. The maximum Gasteiger partial charge on any atom is 0.324 e. The highest BCUT2D eigenvalue weighted by molar-refractivity contribution is 7.89. The lowest BCUT2D eigenvalue weighted by Gasteiger charge is -2.38. The molecule has 0 aromatic heterocycles. The average Bonchev–Trinajstić information content (AvgIpc) is 3.07. The summed E-state index contributed by atoms with van der Waals surface area (Å²) in [5.74, 6) is -0.0816. The van der Waals surface area contributed by atoms with Gasteiger partial charge < -0.3 is 14.4 Å². The molecule has 0 unspecified atom stereocenters. The maximum atomic E-state index is 13.5. The molecule has 1 amide bonds. The Labute approximate surface area is 165 Å². The lowest BCUT2D eigenvalue weighted by atomic mass is 9.91. The van der Waals surface area contributed by atoms with E-state index in [1.807, 2.05) is 0 Å². The number of esters is 1. The van der Waals surface area contributed by atoms with Gasteiger partial charge in [-0.2, -0.15) is 4.31 Å². The van der Waals surface area contributed by atoms with Gasteiger partial charge in [0.1, 0.15) is 11.8 Å². The fourth-order valence-corrected chi connectivity index (χ4v) is 5.93. The van der Waals surface area contributed by atoms with Crippen molar-refractivity contribution in [2.45, 2.75) is 43.7 Å². The molecule has 9 heteroatoms. The summed E-state index contributed by atoms with van der Waals surface area (Å²) in [5, 5.41) is 0. The van der Waals surface area contributed by atoms with Crippen LogP contribution in [0, 0.1) is 5.92 Å². The Morgan fingerprint density at radius 1 is 1.21 bits per heavy atom. The van der Waals surface area contributed by atoms with Gasteiger partial charge in [0.05, 0.1) is 18.6 Å². The first-order chi connectivity index (χ1) is 13.3. The fraction of sp³-hybridized carbons (Fsp3) is 0.579. The Hall–Kier alpha value is -2.13. The number of benzene rings is 1. The second kappa shape index (κ2) is 8.08. The van der Waals surface area contributed by atoms with Crippen LogP contribution in [0.25, 0.3) is 0 Å². The quantitative estimate of drug-likeness (QED) is 0.679. The Morgan fingerprint density at radius 2 is 1.89 bits per heavy atom. The summed E-state index contributed by atoms with van der Waals surface area (Å²) in [5.41, 5.74) is 0. The lowest BCUT2D eigenvalue weighted by Crippen LogP contribution is -2.53. The SMILES string of the molecule is CCOC(=O)[C@@H]1C[C@@H]2CCN(C(C)=O)C[C@@H]2N1S(=O)(=O)c1ccc(OC)cc1. The largest absolute Gasteiger partial charge is 0.497 e. The minimum absolute atomic E-state index is 0.0121. The maximum absolute atomic E-state index is 13.5. The van der Waals surface area contributed by atoms with E-state index in [0.717, 1.165) is 0 Å². The van der Waals surface area contributed by atoms with E-state index in [4.69, 9.17) is 9.47 Å². The number of hydrogen-bond donors (Lipinski definition) is 0. The molecule has 2 aliphatic rings. The van der Waals surface area contributed by atoms with Crippen molar-refractivity contribution in [3.63, 3.8) is 0 Å². The molecule has 154 valence electrons. The molecule has 0 bridgehead atoms. The van der Waals surface area contributed by atoms with Crippen LogP contribution < -0.4 is 4.74 Å². The molecule has 0 aliphatic carbocycles. The van der Waals surface area contributed by atoms with E-state index >= 15 is 0 Å². The van der Waals surface area contributed by atoms with E-state index in [1.54, 1.807) is 24.0 Å². The molecule has 8 nitrogen and oxygen atoms in total. The van der Waals surface area contributed by atoms with Crippen molar-refractivity contribution in [3.8, 4) is 5.75 Å². The van der Waals surface area contributed by atoms with Gasteiger partial charge >= 0.3 is 5.97 Å². The number of hydrogen-bond acceptors (Lipinski definition) is 6. The first-order valence-electron chi connectivity index (χ1n) is 9.39. The summed E-state index contributed by atoms with van der Waals surface area (Å²) in [6, 6.07) is 4.75. The van der Waals surface area contributed by atoms with Gasteiger partial charge in [-0.3, -0.25) is 9.59 Å². The van der Waals surface area contributed by atoms with Crippen LogP contribution in [0.3, 0.4) is 0 Å². The predicted molar refractivity (Wildman–Crippen MR) is 101 cm³/mol. The zero-order chi connectivity index (χ0) is 20.5. The lowest BCUT2D eigenvalue weighted by molar-refractivity contribution is -0.147. The molecule has 2 fully saturated rings. The number of piperidine rings is 1. The summed E-state index contributed by atoms with van der Waals surface area (Å²) in [7, 11) is -2.45. The summed E-state index contributed by atoms with van der Waals surface area (Å²) in [4.78, 5) is 26.1. The van der Waals surface area contributed by atoms with E-state index in [2.05, 4.69) is 0 Å². The number of rotatable bonds is 5. The molecule has 2 saturated heterocycles. The summed E-state index contributed by atoms with van der Waals surface area (Å²) < 4.78 is 38.4. The predicted octanol–water partition coefficient (Wildman–Crippen LogP) is 1.26. The third-order valence-corrected chi connectivity index (χ3v) is 7.47. The van der Waals surface area contributed by atoms with E-state index in [9.17, 15) is 18.0 Å². The summed E-state index contributed by atoms with van der Waals surface area (Å²) in [6.07, 6.45) is 1.07. The third kappa shape index (κ3) is 3.73. The van der Waals surface area contributed by atoms with Crippen molar-refractivity contribution < 1.29 is 27.5 Å². The van der Waals surface area contributed by atoms with Gasteiger partial charge in [0.15, 0.2) is 0 Å². The summed E-state index contributed by atoms with van der Waals surface area (Å²) >= 11 is 0. The number of amides is 1. The van der Waals surface area contributed by atoms with Crippen LogP contribution in [0.4, 0.5) is 0 Å². The molecule has 2 heterocycles. The first kappa shape index (κ1) is 20.6. The molecular formula is C19H26N2O6S. The topological polar surface area (TPSA) is 93.2 Å². The van der Waals surface area contributed by atoms with Gasteiger partial charge in [-0.15, -0.1) is 0 Å². The van der Waals surface area contributed by atoms with Crippen LogP contribution in [-0.4, -0.2) is 68.4 Å². The van der Waals surface area contributed by atoms with E-state index < -0.39 is 28.1 Å². The number of ether oxygens (including phenoxy) is 2. The van der Waals surface area contributed by atoms with Crippen molar-refractivity contribution in [3.05, 3.63) is 24.3 Å². The van der Waals surface area contributed by atoms with E-state index in [-0.39, 0.29) is 29.9 Å². The number of carbonyl (C=O) groups excluding carboxylic acids is 2. The average molecular weight is 410 g/mol. The fourth-order valence-electron chi connectivity index (χ4n) is 4.10. The number of fused-ring (bicyclic) bond motifs is 1. The van der Waals surface area contributed by atoms with Gasteiger partial charge in [-0.25, -0.2) is 8.42 Å². The number of carbonyl (C=O) groups is 2. The standard InChI is InChI=1S/C19H26N2O6S/c1-4-27-19(23)17-11-14-9-10-20(13(2)22)12-18(14)21(17)28(24,25)16-7-5-15(26-3)6-8-16/h5-8,14,17-18H,4,9-12H2,1-3H3/t14-,17-,18-/m0/s1. The van der Waals surface area contributed by atoms with E-state index in [0.29, 0.717) is 25.1 Å². The second-order valence-corrected chi connectivity index (χ2v) is 8.94. The molecule has 2 aliphatic heterocycles. The molecular weight excluding hydrogens is 384 g/mol. The molecule has 1 aromatic rings. The minimum Gasteiger partial charge on any atom is -0.497 e. The number of methoxy groups -OCH3 is 1. The van der Waals surface area contributed by atoms with Crippen molar-refractivity contribution in [1.29, 1.82) is 0 Å². The molecule has 0 saturated carbocycles. The van der Waals surface area contributed by atoms with Gasteiger partial charge in [0.25, 0.3) is 0 Å². The Balaban J connectivity index is 1.99. The monoisotopic (exact) mass is 410 g/mol. The highest BCUT2D eigenvalue weighted by Crippen LogP contribution is 2.40. The highest BCUT2D eigenvalue weighted by Gasteiger charge is 2.53.